The molecule has 0 spiro atoms. The zero-order valence-corrected chi connectivity index (χ0v) is 9.37. The van der Waals surface area contributed by atoms with Crippen LogP contribution in [-0.4, -0.2) is 33.5 Å². The lowest BCUT2D eigenvalue weighted by Crippen LogP contribution is -2.10. The summed E-state index contributed by atoms with van der Waals surface area (Å²) < 4.78 is 28.2. The molecule has 1 aromatic carbocycles. The van der Waals surface area contributed by atoms with Crippen molar-refractivity contribution in [3.05, 3.63) is 36.5 Å². The van der Waals surface area contributed by atoms with Crippen molar-refractivity contribution in [3.63, 3.8) is 0 Å². The van der Waals surface area contributed by atoms with Crippen molar-refractivity contribution in [1.82, 2.24) is 0 Å². The first-order valence-electron chi connectivity index (χ1n) is 5.04. The molecule has 0 N–H and O–H groups in total. The van der Waals surface area contributed by atoms with Gasteiger partial charge in [0.15, 0.2) is 0 Å². The molecule has 0 heterocycles. The third kappa shape index (κ3) is 5.09. The van der Waals surface area contributed by atoms with Crippen molar-refractivity contribution in [2.45, 2.75) is 0 Å². The molecule has 4 heteroatoms. The van der Waals surface area contributed by atoms with Crippen LogP contribution in [0, 0.1) is 12.7 Å². The molecule has 0 aliphatic carbocycles. The van der Waals surface area contributed by atoms with Crippen LogP contribution in [0.2, 0.25) is 0 Å². The number of halogens is 1. The second-order valence-corrected chi connectivity index (χ2v) is 3.25. The molecule has 0 atom stereocenters. The van der Waals surface area contributed by atoms with E-state index in [1.165, 1.54) is 12.1 Å². The summed E-state index contributed by atoms with van der Waals surface area (Å²) >= 11 is 0. The van der Waals surface area contributed by atoms with Crippen LogP contribution >= 0.6 is 0 Å². The molecule has 0 aromatic heterocycles. The van der Waals surface area contributed by atoms with Crippen LogP contribution in [0.25, 0.3) is 0 Å². The van der Waals surface area contributed by atoms with E-state index >= 15 is 0 Å². The van der Waals surface area contributed by atoms with E-state index in [4.69, 9.17) is 14.2 Å². The average molecular weight is 227 g/mol. The lowest BCUT2D eigenvalue weighted by atomic mass is 10.2. The molecule has 89 valence electrons. The summed E-state index contributed by atoms with van der Waals surface area (Å²) in [5.74, 6) is 0.128. The van der Waals surface area contributed by atoms with Crippen LogP contribution < -0.4 is 4.74 Å². The highest BCUT2D eigenvalue weighted by Gasteiger charge is 1.98. The molecule has 1 aromatic rings. The van der Waals surface area contributed by atoms with Gasteiger partial charge in [-0.15, -0.1) is 0 Å². The van der Waals surface area contributed by atoms with E-state index in [0.29, 0.717) is 37.7 Å². The Hall–Kier alpha value is -1.13. The van der Waals surface area contributed by atoms with Gasteiger partial charge in [-0.2, -0.15) is 0 Å². The maximum Gasteiger partial charge on any atom is 0.127 e. The monoisotopic (exact) mass is 227 g/mol. The number of ether oxygens (including phenoxy) is 3. The highest BCUT2D eigenvalue weighted by molar-refractivity contribution is 5.31. The topological polar surface area (TPSA) is 27.7 Å². The standard InChI is InChI=1S/C12H16FO3/c1-10-7-11(13)9-12(8-10)16-6-5-15-4-3-14-2/h7-9H,1,3-6H2,2H3. The van der Waals surface area contributed by atoms with Gasteiger partial charge in [-0.1, -0.05) is 0 Å². The highest BCUT2D eigenvalue weighted by atomic mass is 19.1. The minimum absolute atomic E-state index is 0.345. The fourth-order valence-corrected chi connectivity index (χ4v) is 1.17. The van der Waals surface area contributed by atoms with Crippen molar-refractivity contribution in [2.24, 2.45) is 0 Å². The molecular formula is C12H16FO3. The molecule has 0 amide bonds. The Bertz CT molecular complexity index is 295. The predicted octanol–water partition coefficient (Wildman–Crippen LogP) is 2.05. The molecule has 0 aliphatic rings. The molecule has 0 saturated carbocycles. The average Bonchev–Trinajstić information content (AvgIpc) is 2.22. The normalized spacial score (nSPS) is 10.4. The van der Waals surface area contributed by atoms with Crippen molar-refractivity contribution in [2.75, 3.05) is 33.5 Å². The van der Waals surface area contributed by atoms with Crippen molar-refractivity contribution < 1.29 is 18.6 Å². The summed E-state index contributed by atoms with van der Waals surface area (Å²) in [6, 6.07) is 4.35. The summed E-state index contributed by atoms with van der Waals surface area (Å²) in [7, 11) is 1.61. The first kappa shape index (κ1) is 12.9. The molecule has 0 fully saturated rings. The van der Waals surface area contributed by atoms with Gasteiger partial charge in [0.2, 0.25) is 0 Å². The second-order valence-electron chi connectivity index (χ2n) is 3.25. The summed E-state index contributed by atoms with van der Waals surface area (Å²) in [4.78, 5) is 0. The Labute approximate surface area is 95.1 Å². The van der Waals surface area contributed by atoms with Gasteiger partial charge in [0.25, 0.3) is 0 Å². The minimum Gasteiger partial charge on any atom is -0.491 e. The van der Waals surface area contributed by atoms with Crippen LogP contribution in [0.1, 0.15) is 5.56 Å². The zero-order chi connectivity index (χ0) is 11.8. The van der Waals surface area contributed by atoms with E-state index in [9.17, 15) is 4.39 Å². The van der Waals surface area contributed by atoms with Gasteiger partial charge >= 0.3 is 0 Å². The summed E-state index contributed by atoms with van der Waals surface area (Å²) in [5.41, 5.74) is 0.593. The Morgan fingerprint density at radius 2 is 1.88 bits per heavy atom. The Balaban J connectivity index is 2.21. The number of rotatable bonds is 7. The van der Waals surface area contributed by atoms with E-state index in [0.717, 1.165) is 0 Å². The molecule has 1 radical (unpaired) electrons. The van der Waals surface area contributed by atoms with E-state index in [-0.39, 0.29) is 5.82 Å². The largest absolute Gasteiger partial charge is 0.491 e. The fraction of sp³-hybridized carbons (Fsp3) is 0.417. The van der Waals surface area contributed by atoms with Gasteiger partial charge in [0, 0.05) is 13.2 Å². The Kier molecular flexibility index (Phi) is 5.82. The number of methoxy groups -OCH3 is 1. The predicted molar refractivity (Wildman–Crippen MR) is 59.0 cm³/mol. The van der Waals surface area contributed by atoms with Crippen molar-refractivity contribution >= 4 is 0 Å². The summed E-state index contributed by atoms with van der Waals surface area (Å²) in [6.45, 7) is 5.57. The van der Waals surface area contributed by atoms with Crippen molar-refractivity contribution in [3.8, 4) is 5.75 Å². The molecule has 3 nitrogen and oxygen atoms in total. The van der Waals surface area contributed by atoms with Gasteiger partial charge in [-0.05, 0) is 24.6 Å². The first-order chi connectivity index (χ1) is 7.72. The summed E-state index contributed by atoms with van der Waals surface area (Å²) in [5, 5.41) is 0. The van der Waals surface area contributed by atoms with Gasteiger partial charge in [0.1, 0.15) is 18.2 Å². The lowest BCUT2D eigenvalue weighted by Gasteiger charge is -2.07. The number of hydrogen-bond acceptors (Lipinski definition) is 3. The van der Waals surface area contributed by atoms with Crippen LogP contribution in [0.4, 0.5) is 4.39 Å². The minimum atomic E-state index is -0.345. The Morgan fingerprint density at radius 3 is 2.56 bits per heavy atom. The molecule has 0 bridgehead atoms. The fourth-order valence-electron chi connectivity index (χ4n) is 1.17. The molecule has 1 rings (SSSR count). The van der Waals surface area contributed by atoms with Gasteiger partial charge in [-0.3, -0.25) is 0 Å². The SMILES string of the molecule is [CH2]c1cc(F)cc(OCCOCCOC)c1. The third-order valence-electron chi connectivity index (χ3n) is 1.86. The van der Waals surface area contributed by atoms with Crippen LogP contribution in [-0.2, 0) is 9.47 Å². The number of hydrogen-bond donors (Lipinski definition) is 0. The van der Waals surface area contributed by atoms with Gasteiger partial charge in [-0.25, -0.2) is 4.39 Å². The highest BCUT2D eigenvalue weighted by Crippen LogP contribution is 2.15. The Morgan fingerprint density at radius 1 is 1.12 bits per heavy atom. The second kappa shape index (κ2) is 7.19. The van der Waals surface area contributed by atoms with Crippen LogP contribution in [0.15, 0.2) is 18.2 Å². The van der Waals surface area contributed by atoms with Gasteiger partial charge < -0.3 is 14.2 Å². The molecule has 0 unspecified atom stereocenters. The lowest BCUT2D eigenvalue weighted by molar-refractivity contribution is 0.0544. The summed E-state index contributed by atoms with van der Waals surface area (Å²) in [6.07, 6.45) is 0. The quantitative estimate of drug-likeness (QED) is 0.667. The number of benzene rings is 1. The first-order valence-corrected chi connectivity index (χ1v) is 5.04. The maximum absolute atomic E-state index is 12.9. The molecule has 0 aliphatic heterocycles. The van der Waals surface area contributed by atoms with E-state index in [1.54, 1.807) is 13.2 Å². The van der Waals surface area contributed by atoms with Gasteiger partial charge in [0.05, 0.1) is 19.8 Å². The maximum atomic E-state index is 12.9. The van der Waals surface area contributed by atoms with Crippen LogP contribution in [0.3, 0.4) is 0 Å². The zero-order valence-electron chi connectivity index (χ0n) is 9.37. The smallest absolute Gasteiger partial charge is 0.127 e. The third-order valence-corrected chi connectivity index (χ3v) is 1.86. The molecule has 16 heavy (non-hydrogen) atoms. The van der Waals surface area contributed by atoms with Crippen molar-refractivity contribution in [1.29, 1.82) is 0 Å². The van der Waals surface area contributed by atoms with E-state index < -0.39 is 0 Å². The molecular weight excluding hydrogens is 211 g/mol. The van der Waals surface area contributed by atoms with E-state index in [2.05, 4.69) is 6.92 Å². The molecule has 0 saturated heterocycles. The van der Waals surface area contributed by atoms with Crippen LogP contribution in [0.5, 0.6) is 5.75 Å². The van der Waals surface area contributed by atoms with E-state index in [1.807, 2.05) is 0 Å².